The van der Waals surface area contributed by atoms with Gasteiger partial charge in [0.1, 0.15) is 10.8 Å². The number of para-hydroxylation sites is 1. The number of urea groups is 1. The molecule has 0 spiro atoms. The van der Waals surface area contributed by atoms with Crippen molar-refractivity contribution in [2.75, 3.05) is 39.2 Å². The number of carbonyl (C=O) groups is 2. The fourth-order valence-corrected chi connectivity index (χ4v) is 5.72. The molecular formula is C29H30N4O3S. The summed E-state index contributed by atoms with van der Waals surface area (Å²) in [7, 11) is 5.19. The number of hydrogen-bond acceptors (Lipinski definition) is 5. The minimum Gasteiger partial charge on any atom is -0.497 e. The van der Waals surface area contributed by atoms with Gasteiger partial charge in [0.15, 0.2) is 0 Å². The molecule has 3 aromatic carbocycles. The molecule has 190 valence electrons. The van der Waals surface area contributed by atoms with E-state index in [4.69, 9.17) is 9.72 Å². The molecule has 3 amide bonds. The quantitative estimate of drug-likeness (QED) is 0.339. The van der Waals surface area contributed by atoms with E-state index in [0.29, 0.717) is 18.7 Å². The van der Waals surface area contributed by atoms with Crippen LogP contribution in [0.2, 0.25) is 0 Å². The molecule has 0 atom stereocenters. The molecule has 7 nitrogen and oxygen atoms in total. The van der Waals surface area contributed by atoms with Gasteiger partial charge in [0.2, 0.25) is 0 Å². The lowest BCUT2D eigenvalue weighted by atomic mass is 10.0. The third-order valence-corrected chi connectivity index (χ3v) is 7.76. The van der Waals surface area contributed by atoms with Gasteiger partial charge in [-0.1, -0.05) is 30.3 Å². The molecule has 0 N–H and O–H groups in total. The molecule has 8 heteroatoms. The predicted molar refractivity (Wildman–Crippen MR) is 149 cm³/mol. The van der Waals surface area contributed by atoms with Crippen LogP contribution in [-0.4, -0.2) is 67.1 Å². The number of fused-ring (bicyclic) bond motifs is 1. The van der Waals surface area contributed by atoms with Crippen molar-refractivity contribution in [3.8, 4) is 16.3 Å². The minimum atomic E-state index is -0.0443. The van der Waals surface area contributed by atoms with Crippen LogP contribution in [0.25, 0.3) is 20.8 Å². The topological polar surface area (TPSA) is 66.0 Å². The smallest absolute Gasteiger partial charge is 0.324 e. The Morgan fingerprint density at radius 1 is 0.973 bits per heavy atom. The van der Waals surface area contributed by atoms with Crippen LogP contribution in [0.3, 0.4) is 0 Å². The van der Waals surface area contributed by atoms with Crippen molar-refractivity contribution in [3.63, 3.8) is 0 Å². The number of benzene rings is 3. The normalized spacial score (nSPS) is 14.0. The number of amides is 3. The van der Waals surface area contributed by atoms with Crippen LogP contribution >= 0.6 is 11.3 Å². The lowest BCUT2D eigenvalue weighted by molar-refractivity contribution is 0.0713. The number of carbonyl (C=O) groups excluding carboxylic acids is 2. The Bertz CT molecular complexity index is 1410. The van der Waals surface area contributed by atoms with E-state index in [1.165, 1.54) is 0 Å². The van der Waals surface area contributed by atoms with Crippen LogP contribution in [0, 0.1) is 0 Å². The van der Waals surface area contributed by atoms with E-state index in [0.717, 1.165) is 45.1 Å². The Balaban J connectivity index is 1.31. The maximum Gasteiger partial charge on any atom is 0.324 e. The molecule has 5 rings (SSSR count). The second kappa shape index (κ2) is 10.6. The molecule has 4 aromatic rings. The van der Waals surface area contributed by atoms with Crippen molar-refractivity contribution in [1.82, 2.24) is 14.8 Å². The molecule has 0 saturated carbocycles. The Morgan fingerprint density at radius 3 is 2.43 bits per heavy atom. The molecule has 37 heavy (non-hydrogen) atoms. The Morgan fingerprint density at radius 2 is 1.73 bits per heavy atom. The monoisotopic (exact) mass is 514 g/mol. The summed E-state index contributed by atoms with van der Waals surface area (Å²) in [6.45, 7) is 1.19. The number of piperidine rings is 1. The molecular weight excluding hydrogens is 484 g/mol. The van der Waals surface area contributed by atoms with Gasteiger partial charge >= 0.3 is 6.03 Å². The van der Waals surface area contributed by atoms with Gasteiger partial charge in [0, 0.05) is 50.0 Å². The number of ether oxygens (including phenoxy) is 1. The SMILES string of the molecule is COc1ccc2nc(-c3cccc(C(=O)N4CCC(N(C(=O)N(C)C)c5ccccc5)CC4)c3)sc2c1. The van der Waals surface area contributed by atoms with Crippen LogP contribution in [-0.2, 0) is 0 Å². The molecule has 1 saturated heterocycles. The first-order valence-corrected chi connectivity index (χ1v) is 13.2. The summed E-state index contributed by atoms with van der Waals surface area (Å²) in [5.41, 5.74) is 3.37. The molecule has 0 bridgehead atoms. The summed E-state index contributed by atoms with van der Waals surface area (Å²) in [5.74, 6) is 0.807. The zero-order valence-electron chi connectivity index (χ0n) is 21.3. The maximum absolute atomic E-state index is 13.4. The number of thiazole rings is 1. The second-order valence-corrected chi connectivity index (χ2v) is 10.4. The fraction of sp³-hybridized carbons (Fsp3) is 0.276. The van der Waals surface area contributed by atoms with Crippen molar-refractivity contribution in [1.29, 1.82) is 0 Å². The van der Waals surface area contributed by atoms with Crippen molar-refractivity contribution in [2.45, 2.75) is 18.9 Å². The summed E-state index contributed by atoms with van der Waals surface area (Å²) in [6, 6.07) is 23.3. The van der Waals surface area contributed by atoms with Gasteiger partial charge in [-0.05, 0) is 55.3 Å². The summed E-state index contributed by atoms with van der Waals surface area (Å²) >= 11 is 1.58. The third kappa shape index (κ3) is 5.15. The van der Waals surface area contributed by atoms with Gasteiger partial charge in [0.05, 0.1) is 17.3 Å². The number of hydrogen-bond donors (Lipinski definition) is 0. The molecule has 2 heterocycles. The third-order valence-electron chi connectivity index (χ3n) is 6.69. The highest BCUT2D eigenvalue weighted by molar-refractivity contribution is 7.21. The first-order valence-electron chi connectivity index (χ1n) is 12.3. The first kappa shape index (κ1) is 24.8. The van der Waals surface area contributed by atoms with Gasteiger partial charge in [-0.3, -0.25) is 9.69 Å². The Hall–Kier alpha value is -3.91. The number of anilines is 1. The summed E-state index contributed by atoms with van der Waals surface area (Å²) in [4.78, 5) is 36.6. The second-order valence-electron chi connectivity index (χ2n) is 9.34. The highest BCUT2D eigenvalue weighted by Crippen LogP contribution is 2.33. The highest BCUT2D eigenvalue weighted by atomic mass is 32.1. The summed E-state index contributed by atoms with van der Waals surface area (Å²) in [6.07, 6.45) is 1.44. The highest BCUT2D eigenvalue weighted by Gasteiger charge is 2.31. The lowest BCUT2D eigenvalue weighted by Gasteiger charge is -2.39. The summed E-state index contributed by atoms with van der Waals surface area (Å²) in [5, 5.41) is 0.873. The Labute approximate surface area is 220 Å². The van der Waals surface area contributed by atoms with Gasteiger partial charge in [-0.25, -0.2) is 9.78 Å². The van der Waals surface area contributed by atoms with E-state index < -0.39 is 0 Å². The molecule has 1 fully saturated rings. The van der Waals surface area contributed by atoms with Gasteiger partial charge < -0.3 is 14.5 Å². The zero-order valence-corrected chi connectivity index (χ0v) is 22.1. The van der Waals surface area contributed by atoms with Crippen molar-refractivity contribution < 1.29 is 14.3 Å². The van der Waals surface area contributed by atoms with Gasteiger partial charge in [-0.2, -0.15) is 0 Å². The Kier molecular flexibility index (Phi) is 7.10. The number of aromatic nitrogens is 1. The van der Waals surface area contributed by atoms with E-state index >= 15 is 0 Å². The fourth-order valence-electron chi connectivity index (χ4n) is 4.73. The average Bonchev–Trinajstić information content (AvgIpc) is 3.37. The number of methoxy groups -OCH3 is 1. The number of likely N-dealkylation sites (tertiary alicyclic amines) is 1. The minimum absolute atomic E-state index is 0.00766. The van der Waals surface area contributed by atoms with E-state index in [-0.39, 0.29) is 18.0 Å². The van der Waals surface area contributed by atoms with Gasteiger partial charge in [0.25, 0.3) is 5.91 Å². The van der Waals surface area contributed by atoms with Crippen LogP contribution in [0.5, 0.6) is 5.75 Å². The van der Waals surface area contributed by atoms with Crippen molar-refractivity contribution >= 4 is 39.2 Å². The zero-order chi connectivity index (χ0) is 25.9. The molecule has 1 aliphatic heterocycles. The van der Waals surface area contributed by atoms with Crippen LogP contribution in [0.1, 0.15) is 23.2 Å². The largest absolute Gasteiger partial charge is 0.497 e. The van der Waals surface area contributed by atoms with Crippen molar-refractivity contribution in [3.05, 3.63) is 78.4 Å². The standard InChI is InChI=1S/C29H30N4O3S/c1-31(2)29(35)33(22-10-5-4-6-11-22)23-14-16-32(17-15-23)28(34)21-9-7-8-20(18-21)27-30-25-13-12-24(36-3)19-26(25)37-27/h4-13,18-19,23H,14-17H2,1-3H3. The van der Waals surface area contributed by atoms with Gasteiger partial charge in [-0.15, -0.1) is 11.3 Å². The van der Waals surface area contributed by atoms with E-state index in [1.54, 1.807) is 37.4 Å². The van der Waals surface area contributed by atoms with E-state index in [1.807, 2.05) is 82.6 Å². The molecule has 0 aliphatic carbocycles. The van der Waals surface area contributed by atoms with Crippen LogP contribution in [0.4, 0.5) is 10.5 Å². The molecule has 0 unspecified atom stereocenters. The van der Waals surface area contributed by atoms with Crippen LogP contribution < -0.4 is 9.64 Å². The average molecular weight is 515 g/mol. The van der Waals surface area contributed by atoms with E-state index in [9.17, 15) is 9.59 Å². The lowest BCUT2D eigenvalue weighted by Crippen LogP contribution is -2.51. The van der Waals surface area contributed by atoms with Crippen LogP contribution in [0.15, 0.2) is 72.8 Å². The predicted octanol–water partition coefficient (Wildman–Crippen LogP) is 5.76. The molecule has 1 aliphatic rings. The van der Waals surface area contributed by atoms with Crippen molar-refractivity contribution in [2.24, 2.45) is 0 Å². The molecule has 1 aromatic heterocycles. The number of rotatable bonds is 5. The molecule has 0 radical (unpaired) electrons. The van der Waals surface area contributed by atoms with E-state index in [2.05, 4.69) is 0 Å². The summed E-state index contributed by atoms with van der Waals surface area (Å²) < 4.78 is 6.38. The maximum atomic E-state index is 13.4. The first-order chi connectivity index (χ1) is 17.9. The number of nitrogens with zero attached hydrogens (tertiary/aromatic N) is 4.